The van der Waals surface area contributed by atoms with Gasteiger partial charge >= 0.3 is 6.18 Å². The number of aromatic nitrogens is 4. The fourth-order valence-corrected chi connectivity index (χ4v) is 3.54. The average Bonchev–Trinajstić information content (AvgIpc) is 3.41. The minimum absolute atomic E-state index is 0.0670. The summed E-state index contributed by atoms with van der Waals surface area (Å²) in [6, 6.07) is 8.84. The number of methoxy groups -OCH3 is 2. The van der Waals surface area contributed by atoms with E-state index in [9.17, 15) is 18.0 Å². The number of halogens is 3. The van der Waals surface area contributed by atoms with Crippen molar-refractivity contribution in [3.63, 3.8) is 0 Å². The zero-order valence-electron chi connectivity index (χ0n) is 18.0. The third kappa shape index (κ3) is 4.34. The molecule has 1 N–H and O–H groups in total. The summed E-state index contributed by atoms with van der Waals surface area (Å²) in [7, 11) is 4.55. The standard InChI is InChI=1S/C22H20F3N5O3/c1-29-11-26-9-17(29)13-4-5-16-15(6-13)28-12-30(16)14-7-18(32-2)20(19(8-14)33-3)21(31)27-10-22(23,24)25/h4-9,11-12H,10H2,1-3H3,(H,27,31). The van der Waals surface area contributed by atoms with E-state index < -0.39 is 18.6 Å². The zero-order chi connectivity index (χ0) is 23.8. The fraction of sp³-hybridized carbons (Fsp3) is 0.227. The molecule has 0 spiro atoms. The van der Waals surface area contributed by atoms with E-state index >= 15 is 0 Å². The van der Waals surface area contributed by atoms with Crippen molar-refractivity contribution in [3.8, 4) is 28.4 Å². The first-order chi connectivity index (χ1) is 15.7. The predicted molar refractivity (Wildman–Crippen MR) is 115 cm³/mol. The molecular weight excluding hydrogens is 439 g/mol. The van der Waals surface area contributed by atoms with Gasteiger partial charge in [0.25, 0.3) is 5.91 Å². The molecule has 0 saturated heterocycles. The molecule has 172 valence electrons. The van der Waals surface area contributed by atoms with Crippen LogP contribution in [0, 0.1) is 0 Å². The minimum atomic E-state index is -4.54. The maximum absolute atomic E-state index is 12.5. The zero-order valence-corrected chi connectivity index (χ0v) is 18.0. The molecule has 0 aliphatic carbocycles. The first kappa shape index (κ1) is 22.2. The minimum Gasteiger partial charge on any atom is -0.496 e. The highest BCUT2D eigenvalue weighted by molar-refractivity contribution is 6.00. The van der Waals surface area contributed by atoms with E-state index in [1.165, 1.54) is 14.2 Å². The number of nitrogens with zero attached hydrogens (tertiary/aromatic N) is 4. The van der Waals surface area contributed by atoms with E-state index in [-0.39, 0.29) is 17.1 Å². The topological polar surface area (TPSA) is 83.2 Å². The van der Waals surface area contributed by atoms with Crippen molar-refractivity contribution < 1.29 is 27.4 Å². The Morgan fingerprint density at radius 2 is 1.79 bits per heavy atom. The molecule has 0 atom stereocenters. The van der Waals surface area contributed by atoms with Crippen LogP contribution in [0.4, 0.5) is 13.2 Å². The summed E-state index contributed by atoms with van der Waals surface area (Å²) < 4.78 is 51.9. The van der Waals surface area contributed by atoms with E-state index in [1.54, 1.807) is 35.6 Å². The van der Waals surface area contributed by atoms with Crippen molar-refractivity contribution in [2.75, 3.05) is 20.8 Å². The van der Waals surface area contributed by atoms with Crippen LogP contribution >= 0.6 is 0 Å². The summed E-state index contributed by atoms with van der Waals surface area (Å²) in [6.45, 7) is -1.47. The van der Waals surface area contributed by atoms with Crippen LogP contribution in [0.1, 0.15) is 10.4 Å². The first-order valence-corrected chi connectivity index (χ1v) is 9.77. The number of hydrogen-bond acceptors (Lipinski definition) is 5. The molecule has 2 aromatic carbocycles. The van der Waals surface area contributed by atoms with E-state index in [0.717, 1.165) is 22.3 Å². The van der Waals surface area contributed by atoms with Gasteiger partial charge in [-0.1, -0.05) is 6.07 Å². The molecule has 0 fully saturated rings. The lowest BCUT2D eigenvalue weighted by Crippen LogP contribution is -2.34. The van der Waals surface area contributed by atoms with Gasteiger partial charge in [-0.2, -0.15) is 13.2 Å². The molecule has 33 heavy (non-hydrogen) atoms. The second kappa shape index (κ2) is 8.49. The number of rotatable bonds is 6. The smallest absolute Gasteiger partial charge is 0.405 e. The molecule has 1 amide bonds. The third-order valence-corrected chi connectivity index (χ3v) is 5.10. The molecule has 8 nitrogen and oxygen atoms in total. The van der Waals surface area contributed by atoms with Crippen LogP contribution in [0.15, 0.2) is 49.2 Å². The molecule has 2 heterocycles. The monoisotopic (exact) mass is 459 g/mol. The molecule has 11 heteroatoms. The largest absolute Gasteiger partial charge is 0.496 e. The van der Waals surface area contributed by atoms with Gasteiger partial charge in [0.1, 0.15) is 29.9 Å². The van der Waals surface area contributed by atoms with Gasteiger partial charge in [0, 0.05) is 24.7 Å². The molecular formula is C22H20F3N5O3. The third-order valence-electron chi connectivity index (χ3n) is 5.10. The lowest BCUT2D eigenvalue weighted by atomic mass is 10.1. The number of alkyl halides is 3. The molecule has 0 aliphatic rings. The maximum atomic E-state index is 12.5. The Morgan fingerprint density at radius 1 is 1.09 bits per heavy atom. The van der Waals surface area contributed by atoms with Crippen molar-refractivity contribution in [1.29, 1.82) is 0 Å². The van der Waals surface area contributed by atoms with Crippen molar-refractivity contribution >= 4 is 16.9 Å². The van der Waals surface area contributed by atoms with Crippen LogP contribution in [-0.2, 0) is 7.05 Å². The number of aryl methyl sites for hydroxylation is 1. The van der Waals surface area contributed by atoms with E-state index in [1.807, 2.05) is 35.1 Å². The predicted octanol–water partition coefficient (Wildman–Crippen LogP) is 3.74. The van der Waals surface area contributed by atoms with E-state index in [0.29, 0.717) is 5.69 Å². The summed E-state index contributed by atoms with van der Waals surface area (Å²) in [5.74, 6) is -0.821. The summed E-state index contributed by atoms with van der Waals surface area (Å²) in [5, 5.41) is 1.85. The van der Waals surface area contributed by atoms with Crippen LogP contribution in [0.5, 0.6) is 11.5 Å². The van der Waals surface area contributed by atoms with Crippen LogP contribution < -0.4 is 14.8 Å². The molecule has 0 saturated carbocycles. The van der Waals surface area contributed by atoms with Crippen molar-refractivity contribution in [3.05, 3.63) is 54.7 Å². The molecule has 0 radical (unpaired) electrons. The molecule has 2 aromatic heterocycles. The summed E-state index contributed by atoms with van der Waals surface area (Å²) in [5.41, 5.74) is 3.81. The molecule has 4 aromatic rings. The Labute approximate surface area is 186 Å². The van der Waals surface area contributed by atoms with Gasteiger partial charge in [-0.3, -0.25) is 9.36 Å². The van der Waals surface area contributed by atoms with Gasteiger partial charge in [-0.05, 0) is 12.1 Å². The summed E-state index contributed by atoms with van der Waals surface area (Å²) in [6.07, 6.45) is 0.537. The maximum Gasteiger partial charge on any atom is 0.405 e. The highest BCUT2D eigenvalue weighted by atomic mass is 19.4. The average molecular weight is 459 g/mol. The fourth-order valence-electron chi connectivity index (χ4n) is 3.54. The number of nitrogens with one attached hydrogen (secondary N) is 1. The highest BCUT2D eigenvalue weighted by Gasteiger charge is 2.30. The quantitative estimate of drug-likeness (QED) is 0.475. The van der Waals surface area contributed by atoms with E-state index in [2.05, 4.69) is 9.97 Å². The Balaban J connectivity index is 1.75. The summed E-state index contributed by atoms with van der Waals surface area (Å²) >= 11 is 0. The molecule has 0 unspecified atom stereocenters. The van der Waals surface area contributed by atoms with Gasteiger partial charge in [0.15, 0.2) is 0 Å². The number of hydrogen-bond donors (Lipinski definition) is 1. The van der Waals surface area contributed by atoms with Gasteiger partial charge < -0.3 is 19.4 Å². The van der Waals surface area contributed by atoms with Crippen molar-refractivity contribution in [2.45, 2.75) is 6.18 Å². The normalized spacial score (nSPS) is 11.6. The van der Waals surface area contributed by atoms with Crippen molar-refractivity contribution in [1.82, 2.24) is 24.4 Å². The summed E-state index contributed by atoms with van der Waals surface area (Å²) in [4.78, 5) is 21.0. The molecule has 0 aliphatic heterocycles. The number of carbonyl (C=O) groups excluding carboxylic acids is 1. The van der Waals surface area contributed by atoms with E-state index in [4.69, 9.17) is 9.47 Å². The molecule has 4 rings (SSSR count). The van der Waals surface area contributed by atoms with Gasteiger partial charge in [0.05, 0.1) is 49.2 Å². The number of ether oxygens (including phenoxy) is 2. The Kier molecular flexibility index (Phi) is 5.71. The highest BCUT2D eigenvalue weighted by Crippen LogP contribution is 2.34. The second-order valence-electron chi connectivity index (χ2n) is 7.23. The second-order valence-corrected chi connectivity index (χ2v) is 7.23. The van der Waals surface area contributed by atoms with Gasteiger partial charge in [-0.15, -0.1) is 0 Å². The van der Waals surface area contributed by atoms with Crippen LogP contribution in [0.2, 0.25) is 0 Å². The van der Waals surface area contributed by atoms with Crippen molar-refractivity contribution in [2.24, 2.45) is 7.05 Å². The lowest BCUT2D eigenvalue weighted by Gasteiger charge is -2.16. The van der Waals surface area contributed by atoms with Gasteiger partial charge in [-0.25, -0.2) is 9.97 Å². The Bertz CT molecular complexity index is 1300. The number of carbonyl (C=O) groups is 1. The number of amides is 1. The van der Waals surface area contributed by atoms with Crippen LogP contribution in [-0.4, -0.2) is 51.9 Å². The number of fused-ring (bicyclic) bond motifs is 1. The van der Waals surface area contributed by atoms with Crippen LogP contribution in [0.3, 0.4) is 0 Å². The first-order valence-electron chi connectivity index (χ1n) is 9.77. The lowest BCUT2D eigenvalue weighted by molar-refractivity contribution is -0.123. The number of imidazole rings is 2. The Hall–Kier alpha value is -4.02. The SMILES string of the molecule is COc1cc(-n2cnc3cc(-c4cncn4C)ccc32)cc(OC)c1C(=O)NCC(F)(F)F. The Morgan fingerprint density at radius 3 is 2.36 bits per heavy atom. The van der Waals surface area contributed by atoms with Crippen LogP contribution in [0.25, 0.3) is 28.0 Å². The van der Waals surface area contributed by atoms with Gasteiger partial charge in [0.2, 0.25) is 0 Å². The molecule has 0 bridgehead atoms. The number of benzene rings is 2.